The Kier molecular flexibility index (Phi) is 3.99. The number of methoxy groups -OCH3 is 1. The van der Waals surface area contributed by atoms with Crippen molar-refractivity contribution in [2.24, 2.45) is 0 Å². The van der Waals surface area contributed by atoms with Crippen LogP contribution in [0.3, 0.4) is 0 Å². The van der Waals surface area contributed by atoms with E-state index >= 15 is 0 Å². The van der Waals surface area contributed by atoms with Gasteiger partial charge in [0.05, 0.1) is 7.11 Å². The molecular weight excluding hydrogens is 244 g/mol. The van der Waals surface area contributed by atoms with E-state index in [4.69, 9.17) is 0 Å². The van der Waals surface area contributed by atoms with Gasteiger partial charge in [0, 0.05) is 36.9 Å². The average molecular weight is 264 g/mol. The number of carbonyl (C=O) groups excluding carboxylic acids is 1. The fourth-order valence-electron chi connectivity index (χ4n) is 2.22. The maximum atomic E-state index is 11.6. The van der Waals surface area contributed by atoms with Crippen LogP contribution in [0.2, 0.25) is 0 Å². The molecule has 104 valence electrons. The molecule has 0 aliphatic carbocycles. The minimum absolute atomic E-state index is 0.121. The van der Waals surface area contributed by atoms with Gasteiger partial charge >= 0.3 is 5.97 Å². The molecular formula is C13H20N4O2. The van der Waals surface area contributed by atoms with E-state index in [0.29, 0.717) is 12.1 Å². The summed E-state index contributed by atoms with van der Waals surface area (Å²) in [5.74, 6) is 0.408. The number of esters is 1. The minimum Gasteiger partial charge on any atom is -0.463 e. The van der Waals surface area contributed by atoms with Crippen LogP contribution < -0.4 is 10.2 Å². The first kappa shape index (κ1) is 13.7. The summed E-state index contributed by atoms with van der Waals surface area (Å²) in [5, 5.41) is 3.42. The number of nitrogens with zero attached hydrogens (tertiary/aromatic N) is 3. The van der Waals surface area contributed by atoms with Crippen molar-refractivity contribution < 1.29 is 9.53 Å². The molecule has 1 aliphatic rings. The van der Waals surface area contributed by atoms with Gasteiger partial charge in [-0.25, -0.2) is 14.8 Å². The first-order chi connectivity index (χ1) is 9.01. The summed E-state index contributed by atoms with van der Waals surface area (Å²) in [6.07, 6.45) is 0. The van der Waals surface area contributed by atoms with Gasteiger partial charge in [-0.3, -0.25) is 0 Å². The zero-order chi connectivity index (χ0) is 14.0. The third kappa shape index (κ3) is 3.01. The van der Waals surface area contributed by atoms with Gasteiger partial charge in [-0.15, -0.1) is 0 Å². The Morgan fingerprint density at radius 3 is 2.89 bits per heavy atom. The number of aromatic nitrogens is 2. The molecule has 1 N–H and O–H groups in total. The first-order valence-corrected chi connectivity index (χ1v) is 6.45. The predicted octanol–water partition coefficient (Wildman–Crippen LogP) is 0.758. The van der Waals surface area contributed by atoms with Crippen molar-refractivity contribution in [2.45, 2.75) is 32.9 Å². The summed E-state index contributed by atoms with van der Waals surface area (Å²) < 4.78 is 4.69. The van der Waals surface area contributed by atoms with E-state index < -0.39 is 5.97 Å². The summed E-state index contributed by atoms with van der Waals surface area (Å²) in [4.78, 5) is 22.2. The van der Waals surface area contributed by atoms with Gasteiger partial charge in [0.2, 0.25) is 5.82 Å². The molecule has 0 amide bonds. The number of anilines is 1. The Morgan fingerprint density at radius 1 is 1.47 bits per heavy atom. The summed E-state index contributed by atoms with van der Waals surface area (Å²) in [6, 6.07) is 2.63. The number of hydrogen-bond acceptors (Lipinski definition) is 6. The molecule has 6 nitrogen and oxygen atoms in total. The quantitative estimate of drug-likeness (QED) is 0.795. The van der Waals surface area contributed by atoms with E-state index in [2.05, 4.69) is 38.8 Å². The van der Waals surface area contributed by atoms with Crippen molar-refractivity contribution in [1.82, 2.24) is 15.3 Å². The van der Waals surface area contributed by atoms with Gasteiger partial charge in [0.25, 0.3) is 0 Å². The monoisotopic (exact) mass is 264 g/mol. The van der Waals surface area contributed by atoms with Crippen LogP contribution in [0, 0.1) is 6.92 Å². The summed E-state index contributed by atoms with van der Waals surface area (Å²) in [5.41, 5.74) is 0.767. The predicted molar refractivity (Wildman–Crippen MR) is 72.4 cm³/mol. The Balaban J connectivity index is 2.33. The highest BCUT2D eigenvalue weighted by molar-refractivity contribution is 5.85. The number of ether oxygens (including phenoxy) is 1. The third-order valence-corrected chi connectivity index (χ3v) is 3.27. The average Bonchev–Trinajstić information content (AvgIpc) is 2.39. The molecule has 2 atom stereocenters. The standard InChI is InChI=1S/C13H20N4O2/c1-8-5-11(16-12(15-8)13(18)19-4)17-7-9(2)14-6-10(17)3/h5,9-10,14H,6-7H2,1-4H3. The molecule has 0 saturated carbocycles. The van der Waals surface area contributed by atoms with Crippen LogP contribution in [0.25, 0.3) is 0 Å². The van der Waals surface area contributed by atoms with Crippen LogP contribution in [0.1, 0.15) is 30.2 Å². The van der Waals surface area contributed by atoms with Crippen molar-refractivity contribution in [2.75, 3.05) is 25.1 Å². The van der Waals surface area contributed by atoms with Crippen LogP contribution >= 0.6 is 0 Å². The molecule has 0 spiro atoms. The summed E-state index contributed by atoms with van der Waals surface area (Å²) in [7, 11) is 1.34. The highest BCUT2D eigenvalue weighted by Crippen LogP contribution is 2.18. The number of aryl methyl sites for hydroxylation is 1. The van der Waals surface area contributed by atoms with Crippen LogP contribution in [-0.4, -0.2) is 48.2 Å². The molecule has 0 bridgehead atoms. The first-order valence-electron chi connectivity index (χ1n) is 6.45. The number of nitrogens with one attached hydrogen (secondary N) is 1. The molecule has 19 heavy (non-hydrogen) atoms. The van der Waals surface area contributed by atoms with Crippen LogP contribution in [0.5, 0.6) is 0 Å². The summed E-state index contributed by atoms with van der Waals surface area (Å²) >= 11 is 0. The molecule has 1 aromatic heterocycles. The zero-order valence-corrected chi connectivity index (χ0v) is 11.8. The van der Waals surface area contributed by atoms with Crippen molar-refractivity contribution in [3.05, 3.63) is 17.6 Å². The van der Waals surface area contributed by atoms with Crippen LogP contribution in [0.4, 0.5) is 5.82 Å². The van der Waals surface area contributed by atoms with E-state index in [-0.39, 0.29) is 5.82 Å². The normalized spacial score (nSPS) is 23.3. The second-order valence-electron chi connectivity index (χ2n) is 4.99. The lowest BCUT2D eigenvalue weighted by Crippen LogP contribution is -2.54. The maximum absolute atomic E-state index is 11.6. The maximum Gasteiger partial charge on any atom is 0.376 e. The third-order valence-electron chi connectivity index (χ3n) is 3.27. The number of carbonyl (C=O) groups is 1. The number of piperazine rings is 1. The van der Waals surface area contributed by atoms with Gasteiger partial charge in [-0.1, -0.05) is 0 Å². The van der Waals surface area contributed by atoms with E-state index in [9.17, 15) is 4.79 Å². The van der Waals surface area contributed by atoms with Crippen molar-refractivity contribution in [1.29, 1.82) is 0 Å². The van der Waals surface area contributed by atoms with E-state index in [0.717, 1.165) is 24.6 Å². The SMILES string of the molecule is COC(=O)c1nc(C)cc(N2CC(C)NCC2C)n1. The van der Waals surface area contributed by atoms with Gasteiger partial charge in [-0.2, -0.15) is 0 Å². The molecule has 0 aromatic carbocycles. The van der Waals surface area contributed by atoms with Crippen LogP contribution in [0.15, 0.2) is 6.07 Å². The smallest absolute Gasteiger partial charge is 0.376 e. The molecule has 0 radical (unpaired) electrons. The van der Waals surface area contributed by atoms with E-state index in [1.54, 1.807) is 0 Å². The van der Waals surface area contributed by atoms with Crippen molar-refractivity contribution in [3.63, 3.8) is 0 Å². The lowest BCUT2D eigenvalue weighted by atomic mass is 10.1. The second-order valence-corrected chi connectivity index (χ2v) is 4.99. The second kappa shape index (κ2) is 5.52. The number of rotatable bonds is 2. The molecule has 1 aromatic rings. The number of hydrogen-bond donors (Lipinski definition) is 1. The highest BCUT2D eigenvalue weighted by Gasteiger charge is 2.25. The van der Waals surface area contributed by atoms with Gasteiger partial charge < -0.3 is 15.0 Å². The molecule has 2 heterocycles. The molecule has 1 aliphatic heterocycles. The van der Waals surface area contributed by atoms with E-state index in [1.807, 2.05) is 13.0 Å². The fourth-order valence-corrected chi connectivity index (χ4v) is 2.22. The molecule has 2 rings (SSSR count). The van der Waals surface area contributed by atoms with Crippen LogP contribution in [-0.2, 0) is 4.74 Å². The molecule has 6 heteroatoms. The Morgan fingerprint density at radius 2 is 2.21 bits per heavy atom. The minimum atomic E-state index is -0.499. The van der Waals surface area contributed by atoms with Crippen molar-refractivity contribution in [3.8, 4) is 0 Å². The molecule has 1 saturated heterocycles. The van der Waals surface area contributed by atoms with Crippen molar-refractivity contribution >= 4 is 11.8 Å². The van der Waals surface area contributed by atoms with Gasteiger partial charge in [0.15, 0.2) is 0 Å². The zero-order valence-electron chi connectivity index (χ0n) is 11.8. The molecule has 2 unspecified atom stereocenters. The Bertz CT molecular complexity index is 478. The van der Waals surface area contributed by atoms with Gasteiger partial charge in [0.1, 0.15) is 5.82 Å². The lowest BCUT2D eigenvalue weighted by Gasteiger charge is -2.38. The topological polar surface area (TPSA) is 67.3 Å². The fraction of sp³-hybridized carbons (Fsp3) is 0.615. The molecule has 1 fully saturated rings. The summed E-state index contributed by atoms with van der Waals surface area (Å²) in [6.45, 7) is 7.88. The highest BCUT2D eigenvalue weighted by atomic mass is 16.5. The van der Waals surface area contributed by atoms with Gasteiger partial charge in [-0.05, 0) is 20.8 Å². The van der Waals surface area contributed by atoms with E-state index in [1.165, 1.54) is 7.11 Å². The Labute approximate surface area is 113 Å². The Hall–Kier alpha value is -1.69. The largest absolute Gasteiger partial charge is 0.463 e. The lowest BCUT2D eigenvalue weighted by molar-refractivity contribution is 0.0586.